The lowest BCUT2D eigenvalue weighted by Crippen LogP contribution is -2.45. The van der Waals surface area contributed by atoms with Crippen molar-refractivity contribution in [3.8, 4) is 0 Å². The fourth-order valence-corrected chi connectivity index (χ4v) is 14.3. The SMILES string of the molecule is CCCCCCCCCCCCCCCCCCCCCCCCCCC(O)C(CO)NC(=O)CCCCCCCCCCCCCCCCCCC/C=C\C/C=C\CCCCCCCCCCCCCOC(=O)CCCCCCCCCCCCCCCCCCCCC. The van der Waals surface area contributed by atoms with E-state index >= 15 is 0 Å². The molecule has 564 valence electrons. The highest BCUT2D eigenvalue weighted by atomic mass is 16.5. The Morgan fingerprint density at radius 1 is 0.295 bits per heavy atom. The molecule has 0 aliphatic carbocycles. The zero-order valence-electron chi connectivity index (χ0n) is 64.9. The molecule has 2 unspecified atom stereocenters. The zero-order valence-corrected chi connectivity index (χ0v) is 64.9. The van der Waals surface area contributed by atoms with Gasteiger partial charge in [0.2, 0.25) is 5.91 Å². The highest BCUT2D eigenvalue weighted by Gasteiger charge is 2.20. The number of nitrogens with one attached hydrogen (secondary N) is 1. The Kier molecular flexibility index (Phi) is 83.3. The summed E-state index contributed by atoms with van der Waals surface area (Å²) in [4.78, 5) is 24.7. The second-order valence-electron chi connectivity index (χ2n) is 30.6. The molecule has 95 heavy (non-hydrogen) atoms. The predicted octanol–water partition coefficient (Wildman–Crippen LogP) is 29.6. The van der Waals surface area contributed by atoms with Crippen LogP contribution in [0.15, 0.2) is 24.3 Å². The number of esters is 1. The largest absolute Gasteiger partial charge is 0.466 e. The number of carbonyl (C=O) groups is 2. The van der Waals surface area contributed by atoms with E-state index in [-0.39, 0.29) is 18.5 Å². The number of ether oxygens (including phenoxy) is 1. The van der Waals surface area contributed by atoms with Gasteiger partial charge < -0.3 is 20.3 Å². The third-order valence-electron chi connectivity index (χ3n) is 21.0. The van der Waals surface area contributed by atoms with Gasteiger partial charge >= 0.3 is 5.97 Å². The maximum Gasteiger partial charge on any atom is 0.305 e. The highest BCUT2D eigenvalue weighted by molar-refractivity contribution is 5.76. The van der Waals surface area contributed by atoms with Gasteiger partial charge in [-0.05, 0) is 57.8 Å². The summed E-state index contributed by atoms with van der Waals surface area (Å²) >= 11 is 0. The molecule has 0 radical (unpaired) electrons. The van der Waals surface area contributed by atoms with E-state index < -0.39 is 12.1 Å². The lowest BCUT2D eigenvalue weighted by Gasteiger charge is -2.22. The van der Waals surface area contributed by atoms with Crippen molar-refractivity contribution < 1.29 is 24.5 Å². The highest BCUT2D eigenvalue weighted by Crippen LogP contribution is 2.21. The van der Waals surface area contributed by atoms with Gasteiger partial charge in [0.25, 0.3) is 0 Å². The quantitative estimate of drug-likeness (QED) is 0.0320. The molecule has 0 fully saturated rings. The Labute approximate surface area is 596 Å². The molecule has 0 aromatic heterocycles. The molecule has 0 aliphatic heterocycles. The molecule has 0 rings (SSSR count). The minimum Gasteiger partial charge on any atom is -0.466 e. The Morgan fingerprint density at radius 3 is 0.800 bits per heavy atom. The third kappa shape index (κ3) is 81.2. The standard InChI is InChI=1S/C89H173NO5/c1-3-5-7-9-11-13-15-17-19-21-23-24-25-39-42-46-49-53-57-61-65-69-73-77-81-87(92)86(85-91)90-88(93)82-78-74-70-66-62-58-54-50-47-43-40-37-35-33-31-29-27-26-28-30-32-34-36-38-41-44-48-52-56-60-64-68-72-76-80-84-95-89(94)83-79-75-71-67-63-59-55-51-45-22-20-18-16-14-12-10-8-6-4-2/h28,30,34,36,86-87,91-92H,3-27,29,31-33,35,37-85H2,1-2H3,(H,90,93)/b30-28-,36-34-. The van der Waals surface area contributed by atoms with Gasteiger partial charge in [0, 0.05) is 12.8 Å². The van der Waals surface area contributed by atoms with E-state index in [0.717, 1.165) is 44.9 Å². The van der Waals surface area contributed by atoms with Crippen molar-refractivity contribution >= 4 is 11.9 Å². The van der Waals surface area contributed by atoms with Crippen LogP contribution in [0.1, 0.15) is 508 Å². The first-order chi connectivity index (χ1) is 47.0. The number of rotatable bonds is 84. The normalized spacial score (nSPS) is 12.5. The molecule has 6 heteroatoms. The maximum atomic E-state index is 12.6. The summed E-state index contributed by atoms with van der Waals surface area (Å²) in [6.07, 6.45) is 110. The second-order valence-corrected chi connectivity index (χ2v) is 30.6. The lowest BCUT2D eigenvalue weighted by molar-refractivity contribution is -0.143. The van der Waals surface area contributed by atoms with Crippen molar-refractivity contribution in [1.29, 1.82) is 0 Å². The monoisotopic (exact) mass is 1340 g/mol. The summed E-state index contributed by atoms with van der Waals surface area (Å²) in [6.45, 7) is 5.02. The number of unbranched alkanes of at least 4 members (excludes halogenated alkanes) is 69. The zero-order chi connectivity index (χ0) is 68.4. The first kappa shape index (κ1) is 93.3. The van der Waals surface area contributed by atoms with Crippen molar-refractivity contribution in [3.63, 3.8) is 0 Å². The van der Waals surface area contributed by atoms with E-state index in [0.29, 0.717) is 25.9 Å². The van der Waals surface area contributed by atoms with Crippen LogP contribution in [0.25, 0.3) is 0 Å². The van der Waals surface area contributed by atoms with Crippen LogP contribution in [-0.4, -0.2) is 47.4 Å². The van der Waals surface area contributed by atoms with E-state index in [1.807, 2.05) is 0 Å². The van der Waals surface area contributed by atoms with Crippen LogP contribution in [0.4, 0.5) is 0 Å². The number of aliphatic hydroxyl groups is 2. The number of aliphatic hydroxyl groups excluding tert-OH is 2. The fourth-order valence-electron chi connectivity index (χ4n) is 14.3. The number of allylic oxidation sites excluding steroid dienone is 4. The Hall–Kier alpha value is -1.66. The number of hydrogen-bond donors (Lipinski definition) is 3. The molecule has 0 aliphatic rings. The van der Waals surface area contributed by atoms with E-state index in [2.05, 4.69) is 43.5 Å². The van der Waals surface area contributed by atoms with E-state index in [9.17, 15) is 19.8 Å². The van der Waals surface area contributed by atoms with Crippen LogP contribution >= 0.6 is 0 Å². The average molecular weight is 1340 g/mol. The smallest absolute Gasteiger partial charge is 0.305 e. The van der Waals surface area contributed by atoms with E-state index in [4.69, 9.17) is 4.74 Å². The summed E-state index contributed by atoms with van der Waals surface area (Å²) in [5.74, 6) is -0.00332. The van der Waals surface area contributed by atoms with Crippen LogP contribution < -0.4 is 5.32 Å². The fraction of sp³-hybridized carbons (Fsp3) is 0.933. The molecule has 2 atom stereocenters. The van der Waals surface area contributed by atoms with Crippen molar-refractivity contribution in [1.82, 2.24) is 5.32 Å². The summed E-state index contributed by atoms with van der Waals surface area (Å²) in [5.41, 5.74) is 0. The van der Waals surface area contributed by atoms with Crippen molar-refractivity contribution in [3.05, 3.63) is 24.3 Å². The first-order valence-corrected chi connectivity index (χ1v) is 44.1. The van der Waals surface area contributed by atoms with Crippen LogP contribution in [0.3, 0.4) is 0 Å². The molecule has 1 amide bonds. The number of carbonyl (C=O) groups excluding carboxylic acids is 2. The van der Waals surface area contributed by atoms with Crippen LogP contribution in [0.2, 0.25) is 0 Å². The molecule has 0 aromatic carbocycles. The van der Waals surface area contributed by atoms with Gasteiger partial charge in [-0.15, -0.1) is 0 Å². The minimum absolute atomic E-state index is 0.0230. The number of hydrogen-bond acceptors (Lipinski definition) is 5. The molecule has 0 heterocycles. The molecule has 0 bridgehead atoms. The predicted molar refractivity (Wildman–Crippen MR) is 421 cm³/mol. The van der Waals surface area contributed by atoms with Crippen molar-refractivity contribution in [2.45, 2.75) is 520 Å². The molecule has 0 aromatic rings. The summed E-state index contributed by atoms with van der Waals surface area (Å²) in [6, 6.07) is -0.541. The van der Waals surface area contributed by atoms with E-state index in [1.54, 1.807) is 0 Å². The van der Waals surface area contributed by atoms with Gasteiger partial charge in [-0.1, -0.05) is 462 Å². The summed E-state index contributed by atoms with van der Waals surface area (Å²) in [7, 11) is 0. The molecule has 0 saturated heterocycles. The Morgan fingerprint density at radius 2 is 0.526 bits per heavy atom. The second kappa shape index (κ2) is 84.8. The van der Waals surface area contributed by atoms with Crippen LogP contribution in [0, 0.1) is 0 Å². The average Bonchev–Trinajstić information content (AvgIpc) is 3.79. The van der Waals surface area contributed by atoms with Crippen LogP contribution in [-0.2, 0) is 14.3 Å². The van der Waals surface area contributed by atoms with Gasteiger partial charge in [0.15, 0.2) is 0 Å². The molecular weight excluding hydrogens is 1160 g/mol. The van der Waals surface area contributed by atoms with Gasteiger partial charge in [0.05, 0.1) is 25.4 Å². The summed E-state index contributed by atoms with van der Waals surface area (Å²) in [5, 5.41) is 23.5. The van der Waals surface area contributed by atoms with Gasteiger partial charge in [-0.25, -0.2) is 0 Å². The Bertz CT molecular complexity index is 1500. The molecule has 3 N–H and O–H groups in total. The summed E-state index contributed by atoms with van der Waals surface area (Å²) < 4.78 is 5.52. The van der Waals surface area contributed by atoms with Gasteiger partial charge in [0.1, 0.15) is 0 Å². The lowest BCUT2D eigenvalue weighted by atomic mass is 10.0. The molecule has 6 nitrogen and oxygen atoms in total. The molecular formula is C89H173NO5. The molecule has 0 spiro atoms. The Balaban J connectivity index is 3.35. The third-order valence-corrected chi connectivity index (χ3v) is 21.0. The minimum atomic E-state index is -0.664. The molecule has 0 saturated carbocycles. The topological polar surface area (TPSA) is 95.9 Å². The number of amides is 1. The van der Waals surface area contributed by atoms with Gasteiger partial charge in [-0.2, -0.15) is 0 Å². The van der Waals surface area contributed by atoms with Crippen molar-refractivity contribution in [2.75, 3.05) is 13.2 Å². The van der Waals surface area contributed by atoms with Gasteiger partial charge in [-0.3, -0.25) is 9.59 Å². The van der Waals surface area contributed by atoms with Crippen molar-refractivity contribution in [2.24, 2.45) is 0 Å². The maximum absolute atomic E-state index is 12.6. The first-order valence-electron chi connectivity index (χ1n) is 44.1. The van der Waals surface area contributed by atoms with Crippen LogP contribution in [0.5, 0.6) is 0 Å². The van der Waals surface area contributed by atoms with E-state index in [1.165, 1.54) is 430 Å².